The second-order valence-electron chi connectivity index (χ2n) is 1.77. The van der Waals surface area contributed by atoms with Crippen molar-refractivity contribution in [2.45, 2.75) is 0 Å². The van der Waals surface area contributed by atoms with Gasteiger partial charge in [-0.2, -0.15) is 0 Å². The van der Waals surface area contributed by atoms with Crippen molar-refractivity contribution in [3.05, 3.63) is 24.3 Å². The molecule has 3 nitrogen and oxygen atoms in total. The van der Waals surface area contributed by atoms with Crippen LogP contribution in [0.1, 0.15) is 0 Å². The lowest BCUT2D eigenvalue weighted by Crippen LogP contribution is -1.84. The van der Waals surface area contributed by atoms with Gasteiger partial charge in [0.05, 0.1) is 7.11 Å². The topological polar surface area (TPSA) is 38.7 Å². The SMILES string of the molecule is COc1ccc(OO)cc1. The largest absolute Gasteiger partial charge is 0.497 e. The molecule has 0 fully saturated rings. The molecule has 0 saturated heterocycles. The number of methoxy groups -OCH3 is 1. The van der Waals surface area contributed by atoms with Gasteiger partial charge in [0.2, 0.25) is 0 Å². The maximum Gasteiger partial charge on any atom is 0.165 e. The van der Waals surface area contributed by atoms with Crippen molar-refractivity contribution in [1.29, 1.82) is 0 Å². The third-order valence-corrected chi connectivity index (χ3v) is 1.16. The fourth-order valence-corrected chi connectivity index (χ4v) is 0.637. The fourth-order valence-electron chi connectivity index (χ4n) is 0.637. The Balaban J connectivity index is 2.80. The maximum absolute atomic E-state index is 8.16. The number of ether oxygens (including phenoxy) is 1. The summed E-state index contributed by atoms with van der Waals surface area (Å²) in [5.41, 5.74) is 0. The first-order chi connectivity index (χ1) is 4.86. The number of benzene rings is 1. The summed E-state index contributed by atoms with van der Waals surface area (Å²) in [4.78, 5) is 3.96. The summed E-state index contributed by atoms with van der Waals surface area (Å²) >= 11 is 0. The summed E-state index contributed by atoms with van der Waals surface area (Å²) in [7, 11) is 1.58. The van der Waals surface area contributed by atoms with Crippen LogP contribution in [0.15, 0.2) is 24.3 Å². The van der Waals surface area contributed by atoms with E-state index in [1.165, 1.54) is 0 Å². The van der Waals surface area contributed by atoms with Crippen molar-refractivity contribution in [2.24, 2.45) is 0 Å². The van der Waals surface area contributed by atoms with Crippen molar-refractivity contribution < 1.29 is 14.9 Å². The number of hydrogen-bond donors (Lipinski definition) is 1. The van der Waals surface area contributed by atoms with Gasteiger partial charge in [-0.25, -0.2) is 5.26 Å². The van der Waals surface area contributed by atoms with Gasteiger partial charge in [0.15, 0.2) is 5.75 Å². The molecule has 10 heavy (non-hydrogen) atoms. The van der Waals surface area contributed by atoms with E-state index < -0.39 is 0 Å². The highest BCUT2D eigenvalue weighted by Crippen LogP contribution is 2.15. The maximum atomic E-state index is 8.16. The van der Waals surface area contributed by atoms with Crippen LogP contribution in [0.2, 0.25) is 0 Å². The van der Waals surface area contributed by atoms with Crippen LogP contribution in [0.25, 0.3) is 0 Å². The quantitative estimate of drug-likeness (QED) is 0.500. The van der Waals surface area contributed by atoms with Crippen LogP contribution in [0.5, 0.6) is 11.5 Å². The van der Waals surface area contributed by atoms with Gasteiger partial charge in [0.1, 0.15) is 5.75 Å². The zero-order valence-electron chi connectivity index (χ0n) is 5.57. The molecular formula is C7H8O3. The number of hydrogen-bond acceptors (Lipinski definition) is 3. The van der Waals surface area contributed by atoms with Crippen molar-refractivity contribution in [3.8, 4) is 11.5 Å². The highest BCUT2D eigenvalue weighted by Gasteiger charge is 1.91. The van der Waals surface area contributed by atoms with Gasteiger partial charge in [-0.05, 0) is 24.3 Å². The van der Waals surface area contributed by atoms with E-state index in [0.29, 0.717) is 5.75 Å². The van der Waals surface area contributed by atoms with Gasteiger partial charge in [0.25, 0.3) is 0 Å². The third-order valence-electron chi connectivity index (χ3n) is 1.16. The van der Waals surface area contributed by atoms with Gasteiger partial charge in [-0.3, -0.25) is 0 Å². The van der Waals surface area contributed by atoms with E-state index in [9.17, 15) is 0 Å². The van der Waals surface area contributed by atoms with Gasteiger partial charge in [0, 0.05) is 0 Å². The Kier molecular flexibility index (Phi) is 2.12. The monoisotopic (exact) mass is 140 g/mol. The Morgan fingerprint density at radius 3 is 2.00 bits per heavy atom. The van der Waals surface area contributed by atoms with E-state index in [-0.39, 0.29) is 0 Å². The molecule has 0 aliphatic heterocycles. The predicted octanol–water partition coefficient (Wildman–Crippen LogP) is 1.55. The van der Waals surface area contributed by atoms with Gasteiger partial charge >= 0.3 is 0 Å². The lowest BCUT2D eigenvalue weighted by atomic mass is 10.3. The predicted molar refractivity (Wildman–Crippen MR) is 36.3 cm³/mol. The van der Waals surface area contributed by atoms with Crippen LogP contribution >= 0.6 is 0 Å². The first kappa shape index (κ1) is 6.89. The average molecular weight is 140 g/mol. The lowest BCUT2D eigenvalue weighted by Gasteiger charge is -1.98. The minimum absolute atomic E-state index is 0.404. The van der Waals surface area contributed by atoms with E-state index in [1.807, 2.05) is 0 Å². The Morgan fingerprint density at radius 2 is 1.60 bits per heavy atom. The van der Waals surface area contributed by atoms with E-state index in [1.54, 1.807) is 31.4 Å². The summed E-state index contributed by atoms with van der Waals surface area (Å²) < 4.78 is 4.88. The molecule has 0 radical (unpaired) electrons. The summed E-state index contributed by atoms with van der Waals surface area (Å²) in [5, 5.41) is 8.16. The molecule has 0 spiro atoms. The molecule has 0 aliphatic rings. The summed E-state index contributed by atoms with van der Waals surface area (Å²) in [5.74, 6) is 1.14. The molecule has 0 atom stereocenters. The zero-order chi connectivity index (χ0) is 7.40. The van der Waals surface area contributed by atoms with Crippen molar-refractivity contribution in [1.82, 2.24) is 0 Å². The summed E-state index contributed by atoms with van der Waals surface area (Å²) in [6.45, 7) is 0. The van der Waals surface area contributed by atoms with E-state index >= 15 is 0 Å². The molecule has 0 unspecified atom stereocenters. The van der Waals surface area contributed by atoms with Gasteiger partial charge in [-0.1, -0.05) is 0 Å². The summed E-state index contributed by atoms with van der Waals surface area (Å²) in [6, 6.07) is 6.62. The molecule has 0 bridgehead atoms. The molecule has 1 rings (SSSR count). The smallest absolute Gasteiger partial charge is 0.165 e. The molecule has 0 amide bonds. The fraction of sp³-hybridized carbons (Fsp3) is 0.143. The van der Waals surface area contributed by atoms with Crippen molar-refractivity contribution >= 4 is 0 Å². The van der Waals surface area contributed by atoms with Gasteiger partial charge in [-0.15, -0.1) is 0 Å². The normalized spacial score (nSPS) is 9.00. The zero-order valence-corrected chi connectivity index (χ0v) is 5.57. The molecule has 3 heteroatoms. The molecule has 0 aliphatic carbocycles. The highest BCUT2D eigenvalue weighted by atomic mass is 17.1. The van der Waals surface area contributed by atoms with Crippen molar-refractivity contribution in [3.63, 3.8) is 0 Å². The van der Waals surface area contributed by atoms with Crippen LogP contribution in [0.3, 0.4) is 0 Å². The molecule has 0 aromatic heterocycles. The highest BCUT2D eigenvalue weighted by molar-refractivity contribution is 5.30. The Hall–Kier alpha value is -1.22. The van der Waals surface area contributed by atoms with E-state index in [2.05, 4.69) is 4.89 Å². The van der Waals surface area contributed by atoms with E-state index in [4.69, 9.17) is 9.99 Å². The molecule has 54 valence electrons. The molecule has 0 saturated carbocycles. The second kappa shape index (κ2) is 3.08. The third kappa shape index (κ3) is 1.39. The number of rotatable bonds is 2. The molecule has 1 aromatic carbocycles. The molecular weight excluding hydrogens is 132 g/mol. The average Bonchev–Trinajstić information content (AvgIpc) is 2.05. The second-order valence-corrected chi connectivity index (χ2v) is 1.77. The van der Waals surface area contributed by atoms with Crippen molar-refractivity contribution in [2.75, 3.05) is 7.11 Å². The molecule has 0 heterocycles. The minimum Gasteiger partial charge on any atom is -0.497 e. The Morgan fingerprint density at radius 1 is 1.10 bits per heavy atom. The minimum atomic E-state index is 0.404. The first-order valence-electron chi connectivity index (χ1n) is 2.82. The first-order valence-corrected chi connectivity index (χ1v) is 2.82. The van der Waals surface area contributed by atoms with Crippen LogP contribution in [-0.4, -0.2) is 12.4 Å². The Bertz CT molecular complexity index is 170. The van der Waals surface area contributed by atoms with E-state index in [0.717, 1.165) is 5.75 Å². The summed E-state index contributed by atoms with van der Waals surface area (Å²) in [6.07, 6.45) is 0. The molecule has 1 N–H and O–H groups in total. The van der Waals surface area contributed by atoms with Crippen LogP contribution in [-0.2, 0) is 0 Å². The van der Waals surface area contributed by atoms with Crippen LogP contribution in [0, 0.1) is 0 Å². The van der Waals surface area contributed by atoms with Crippen LogP contribution < -0.4 is 9.62 Å². The lowest BCUT2D eigenvalue weighted by molar-refractivity contribution is -0.137. The van der Waals surface area contributed by atoms with Crippen LogP contribution in [0.4, 0.5) is 0 Å². The standard InChI is InChI=1S/C7H8O3/c1-9-6-2-4-7(10-8)5-3-6/h2-5,8H,1H3. The van der Waals surface area contributed by atoms with Gasteiger partial charge < -0.3 is 9.62 Å². The molecule has 1 aromatic rings. The Labute approximate surface area is 58.7 Å².